The predicted octanol–water partition coefficient (Wildman–Crippen LogP) is 3.04. The lowest BCUT2D eigenvalue weighted by molar-refractivity contribution is -0.129. The van der Waals surface area contributed by atoms with Gasteiger partial charge < -0.3 is 9.80 Å². The molecule has 3 heterocycles. The molecule has 0 atom stereocenters. The Kier molecular flexibility index (Phi) is 4.65. The first-order valence-electron chi connectivity index (χ1n) is 8.60. The van der Waals surface area contributed by atoms with Crippen LogP contribution >= 0.6 is 0 Å². The van der Waals surface area contributed by atoms with Crippen LogP contribution in [-0.2, 0) is 4.79 Å². The molecule has 4 heteroatoms. The van der Waals surface area contributed by atoms with Crippen LogP contribution in [0.5, 0.6) is 0 Å². The average molecular weight is 301 g/mol. The Hall–Kier alpha value is -1.58. The number of piperidine rings is 2. The summed E-state index contributed by atoms with van der Waals surface area (Å²) in [5.74, 6) is 2.76. The van der Waals surface area contributed by atoms with Gasteiger partial charge in [-0.05, 0) is 55.2 Å². The van der Waals surface area contributed by atoms with E-state index < -0.39 is 0 Å². The molecule has 2 fully saturated rings. The quantitative estimate of drug-likeness (QED) is 0.842. The number of likely N-dealkylation sites (tertiary alicyclic amines) is 1. The van der Waals surface area contributed by atoms with Crippen LogP contribution in [0.1, 0.15) is 51.0 Å². The van der Waals surface area contributed by atoms with E-state index >= 15 is 0 Å². The third-order valence-electron chi connectivity index (χ3n) is 5.29. The van der Waals surface area contributed by atoms with Crippen molar-refractivity contribution in [2.45, 2.75) is 45.4 Å². The van der Waals surface area contributed by atoms with Crippen molar-refractivity contribution >= 4 is 11.7 Å². The topological polar surface area (TPSA) is 36.4 Å². The lowest BCUT2D eigenvalue weighted by atomic mass is 9.89. The second kappa shape index (κ2) is 6.67. The van der Waals surface area contributed by atoms with Gasteiger partial charge in [0, 0.05) is 39.3 Å². The van der Waals surface area contributed by atoms with Crippen LogP contribution < -0.4 is 4.90 Å². The zero-order valence-corrected chi connectivity index (χ0v) is 13.8. The Morgan fingerprint density at radius 2 is 1.82 bits per heavy atom. The number of rotatable bonds is 2. The molecule has 0 aromatic carbocycles. The van der Waals surface area contributed by atoms with Gasteiger partial charge in [-0.3, -0.25) is 4.79 Å². The van der Waals surface area contributed by atoms with Crippen LogP contribution in [0.4, 0.5) is 5.82 Å². The zero-order valence-electron chi connectivity index (χ0n) is 13.8. The van der Waals surface area contributed by atoms with Gasteiger partial charge >= 0.3 is 0 Å². The SMILES string of the molecule is CC(=O)N1CCC(c2ccnc(N3CCC(C)CC3)c2)CC1. The molecule has 2 aliphatic heterocycles. The highest BCUT2D eigenvalue weighted by Gasteiger charge is 2.23. The lowest BCUT2D eigenvalue weighted by Gasteiger charge is -2.33. The number of anilines is 1. The van der Waals surface area contributed by atoms with Crippen molar-refractivity contribution in [3.05, 3.63) is 23.9 Å². The molecule has 3 rings (SSSR count). The van der Waals surface area contributed by atoms with Gasteiger partial charge in [-0.1, -0.05) is 6.92 Å². The molecule has 2 aliphatic rings. The van der Waals surface area contributed by atoms with Crippen LogP contribution in [0.3, 0.4) is 0 Å². The fourth-order valence-electron chi connectivity index (χ4n) is 3.63. The Bertz CT molecular complexity index is 515. The number of hydrogen-bond donors (Lipinski definition) is 0. The van der Waals surface area contributed by atoms with E-state index in [1.807, 2.05) is 11.1 Å². The molecule has 2 saturated heterocycles. The van der Waals surface area contributed by atoms with E-state index in [-0.39, 0.29) is 5.91 Å². The lowest BCUT2D eigenvalue weighted by Crippen LogP contribution is -2.36. The number of pyridine rings is 1. The number of nitrogens with zero attached hydrogens (tertiary/aromatic N) is 3. The zero-order chi connectivity index (χ0) is 15.5. The minimum atomic E-state index is 0.205. The number of carbonyl (C=O) groups excluding carboxylic acids is 1. The van der Waals surface area contributed by atoms with Crippen molar-refractivity contribution in [3.8, 4) is 0 Å². The van der Waals surface area contributed by atoms with Crippen LogP contribution in [0.25, 0.3) is 0 Å². The monoisotopic (exact) mass is 301 g/mol. The third-order valence-corrected chi connectivity index (χ3v) is 5.29. The molecule has 0 saturated carbocycles. The minimum Gasteiger partial charge on any atom is -0.357 e. The maximum Gasteiger partial charge on any atom is 0.219 e. The van der Waals surface area contributed by atoms with Gasteiger partial charge in [-0.25, -0.2) is 4.98 Å². The molecule has 1 amide bonds. The molecule has 4 nitrogen and oxygen atoms in total. The van der Waals surface area contributed by atoms with E-state index in [1.165, 1.54) is 18.4 Å². The molecule has 120 valence electrons. The first-order chi connectivity index (χ1) is 10.6. The van der Waals surface area contributed by atoms with Crippen LogP contribution in [0.15, 0.2) is 18.3 Å². The molecule has 1 aromatic rings. The predicted molar refractivity (Wildman–Crippen MR) is 89.1 cm³/mol. The largest absolute Gasteiger partial charge is 0.357 e. The molecule has 0 unspecified atom stereocenters. The van der Waals surface area contributed by atoms with Crippen LogP contribution in [-0.4, -0.2) is 42.0 Å². The highest BCUT2D eigenvalue weighted by Crippen LogP contribution is 2.30. The first-order valence-corrected chi connectivity index (χ1v) is 8.60. The van der Waals surface area contributed by atoms with E-state index in [2.05, 4.69) is 28.9 Å². The summed E-state index contributed by atoms with van der Waals surface area (Å²) in [5, 5.41) is 0. The van der Waals surface area contributed by atoms with Gasteiger partial charge in [0.25, 0.3) is 0 Å². The van der Waals surface area contributed by atoms with Gasteiger partial charge in [-0.2, -0.15) is 0 Å². The molecule has 0 N–H and O–H groups in total. The van der Waals surface area contributed by atoms with Gasteiger partial charge in [0.2, 0.25) is 5.91 Å². The maximum absolute atomic E-state index is 11.4. The molecular formula is C18H27N3O. The summed E-state index contributed by atoms with van der Waals surface area (Å²) in [4.78, 5) is 20.4. The van der Waals surface area contributed by atoms with Crippen LogP contribution in [0.2, 0.25) is 0 Å². The standard InChI is InChI=1S/C18H27N3O/c1-14-4-9-21(10-5-14)18-13-17(3-8-19-18)16-6-11-20(12-7-16)15(2)22/h3,8,13-14,16H,4-7,9-12H2,1-2H3. The average Bonchev–Trinajstić information content (AvgIpc) is 2.56. The van der Waals surface area contributed by atoms with Gasteiger partial charge in [0.15, 0.2) is 0 Å². The van der Waals surface area contributed by atoms with Crippen molar-refractivity contribution in [1.82, 2.24) is 9.88 Å². The van der Waals surface area contributed by atoms with Crippen molar-refractivity contribution < 1.29 is 4.79 Å². The second-order valence-electron chi connectivity index (χ2n) is 6.90. The summed E-state index contributed by atoms with van der Waals surface area (Å²) in [6, 6.07) is 4.44. The molecule has 22 heavy (non-hydrogen) atoms. The van der Waals surface area contributed by atoms with E-state index in [0.29, 0.717) is 5.92 Å². The summed E-state index contributed by atoms with van der Waals surface area (Å²) in [6.07, 6.45) is 6.63. The van der Waals surface area contributed by atoms with Gasteiger partial charge in [0.1, 0.15) is 5.82 Å². The van der Waals surface area contributed by atoms with Crippen molar-refractivity contribution in [2.24, 2.45) is 5.92 Å². The van der Waals surface area contributed by atoms with Crippen LogP contribution in [0, 0.1) is 5.92 Å². The molecule has 0 aliphatic carbocycles. The number of hydrogen-bond acceptors (Lipinski definition) is 3. The minimum absolute atomic E-state index is 0.205. The molecule has 1 aromatic heterocycles. The maximum atomic E-state index is 11.4. The number of carbonyl (C=O) groups is 1. The molecule has 0 bridgehead atoms. The van der Waals surface area contributed by atoms with Crippen molar-refractivity contribution in [1.29, 1.82) is 0 Å². The summed E-state index contributed by atoms with van der Waals surface area (Å²) in [6.45, 7) is 8.03. The highest BCUT2D eigenvalue weighted by molar-refractivity contribution is 5.73. The summed E-state index contributed by atoms with van der Waals surface area (Å²) in [7, 11) is 0. The Labute approximate surface area is 133 Å². The summed E-state index contributed by atoms with van der Waals surface area (Å²) in [5.41, 5.74) is 1.40. The van der Waals surface area contributed by atoms with Gasteiger partial charge in [-0.15, -0.1) is 0 Å². The van der Waals surface area contributed by atoms with E-state index in [0.717, 1.165) is 50.8 Å². The molecular weight excluding hydrogens is 274 g/mol. The van der Waals surface area contributed by atoms with Crippen molar-refractivity contribution in [2.75, 3.05) is 31.1 Å². The van der Waals surface area contributed by atoms with Gasteiger partial charge in [0.05, 0.1) is 0 Å². The van der Waals surface area contributed by atoms with E-state index in [4.69, 9.17) is 0 Å². The Balaban J connectivity index is 1.66. The number of aromatic nitrogens is 1. The summed E-state index contributed by atoms with van der Waals surface area (Å²) < 4.78 is 0. The highest BCUT2D eigenvalue weighted by atomic mass is 16.2. The normalized spacial score (nSPS) is 21.2. The van der Waals surface area contributed by atoms with E-state index in [1.54, 1.807) is 6.92 Å². The first kappa shape index (κ1) is 15.3. The number of amides is 1. The van der Waals surface area contributed by atoms with E-state index in [9.17, 15) is 4.79 Å². The molecule has 0 spiro atoms. The molecule has 0 radical (unpaired) electrons. The fourth-order valence-corrected chi connectivity index (χ4v) is 3.63. The second-order valence-corrected chi connectivity index (χ2v) is 6.90. The Morgan fingerprint density at radius 3 is 2.45 bits per heavy atom. The van der Waals surface area contributed by atoms with Crippen molar-refractivity contribution in [3.63, 3.8) is 0 Å². The Morgan fingerprint density at radius 1 is 1.14 bits per heavy atom. The fraction of sp³-hybridized carbons (Fsp3) is 0.667. The summed E-state index contributed by atoms with van der Waals surface area (Å²) >= 11 is 0. The third kappa shape index (κ3) is 3.42. The smallest absolute Gasteiger partial charge is 0.219 e.